The first-order chi connectivity index (χ1) is 7.24. The van der Waals surface area contributed by atoms with Crippen LogP contribution in [-0.4, -0.2) is 28.5 Å². The van der Waals surface area contributed by atoms with Crippen molar-refractivity contribution in [1.82, 2.24) is 0 Å². The van der Waals surface area contributed by atoms with Gasteiger partial charge >= 0.3 is 7.12 Å². The van der Waals surface area contributed by atoms with Gasteiger partial charge in [-0.1, -0.05) is 6.08 Å². The minimum Gasteiger partial charge on any atom is -0.423 e. The molecule has 0 bridgehead atoms. The lowest BCUT2D eigenvalue weighted by Gasteiger charge is -2.38. The van der Waals surface area contributed by atoms with E-state index in [-0.39, 0.29) is 0 Å². The summed E-state index contributed by atoms with van der Waals surface area (Å²) in [5.74, 6) is 0. The predicted octanol–water partition coefficient (Wildman–Crippen LogP) is 2.07. The summed E-state index contributed by atoms with van der Waals surface area (Å²) in [5, 5.41) is 19.9. The fraction of sp³-hybridized carbons (Fsp3) is 0.833. The van der Waals surface area contributed by atoms with Crippen molar-refractivity contribution >= 4 is 7.12 Å². The molecule has 1 rings (SSSR count). The third-order valence-electron chi connectivity index (χ3n) is 3.52. The molecule has 16 heavy (non-hydrogen) atoms. The standard InChI is InChI=1S/C12H23BO3/c1-11(2,14)12(3,4)16-13(15)10-8-6-5-7-9-10/h8,14-15H,5-7,9H2,1-4H3. The molecule has 3 nitrogen and oxygen atoms in total. The Labute approximate surface area is 98.7 Å². The minimum atomic E-state index is -0.983. The maximum absolute atomic E-state index is 9.97. The number of rotatable bonds is 4. The van der Waals surface area contributed by atoms with Crippen molar-refractivity contribution in [1.29, 1.82) is 0 Å². The highest BCUT2D eigenvalue weighted by atomic mass is 16.5. The van der Waals surface area contributed by atoms with E-state index in [1.165, 1.54) is 6.42 Å². The second kappa shape index (κ2) is 4.90. The SMILES string of the molecule is CC(C)(O)C(C)(C)OB(O)C1=CCCCC1. The normalized spacial score (nSPS) is 18.2. The van der Waals surface area contributed by atoms with Crippen molar-refractivity contribution in [2.45, 2.75) is 64.6 Å². The van der Waals surface area contributed by atoms with Crippen LogP contribution in [0.15, 0.2) is 11.5 Å². The lowest BCUT2D eigenvalue weighted by molar-refractivity contribution is -0.0990. The smallest absolute Gasteiger partial charge is 0.423 e. The van der Waals surface area contributed by atoms with Crippen molar-refractivity contribution in [3.05, 3.63) is 11.5 Å². The molecule has 0 aromatic rings. The van der Waals surface area contributed by atoms with Crippen LogP contribution in [0.2, 0.25) is 0 Å². The van der Waals surface area contributed by atoms with Gasteiger partial charge in [0.15, 0.2) is 0 Å². The van der Waals surface area contributed by atoms with Gasteiger partial charge in [0.25, 0.3) is 0 Å². The maximum atomic E-state index is 9.97. The monoisotopic (exact) mass is 226 g/mol. The molecule has 0 amide bonds. The molecule has 0 aromatic carbocycles. The van der Waals surface area contributed by atoms with Crippen LogP contribution in [0, 0.1) is 0 Å². The molecular formula is C12H23BO3. The fourth-order valence-corrected chi connectivity index (χ4v) is 1.59. The highest BCUT2D eigenvalue weighted by Gasteiger charge is 2.39. The van der Waals surface area contributed by atoms with Crippen LogP contribution in [0.3, 0.4) is 0 Å². The first kappa shape index (κ1) is 13.7. The van der Waals surface area contributed by atoms with Crippen LogP contribution >= 0.6 is 0 Å². The number of allylic oxidation sites excluding steroid dienone is 2. The summed E-state index contributed by atoms with van der Waals surface area (Å²) in [4.78, 5) is 0. The molecule has 0 saturated heterocycles. The largest absolute Gasteiger partial charge is 0.487 e. The topological polar surface area (TPSA) is 49.7 Å². The van der Waals surface area contributed by atoms with E-state index in [9.17, 15) is 10.1 Å². The van der Waals surface area contributed by atoms with E-state index < -0.39 is 18.3 Å². The average molecular weight is 226 g/mol. The summed E-state index contributed by atoms with van der Waals surface area (Å²) in [7, 11) is -0.887. The van der Waals surface area contributed by atoms with Crippen molar-refractivity contribution in [2.75, 3.05) is 0 Å². The van der Waals surface area contributed by atoms with Crippen molar-refractivity contribution in [3.63, 3.8) is 0 Å². The summed E-state index contributed by atoms with van der Waals surface area (Å²) in [5.41, 5.74) is -0.808. The molecule has 0 aromatic heterocycles. The molecule has 92 valence electrons. The van der Waals surface area contributed by atoms with E-state index in [1.54, 1.807) is 27.7 Å². The molecule has 2 N–H and O–H groups in total. The van der Waals surface area contributed by atoms with E-state index in [1.807, 2.05) is 0 Å². The second-order valence-electron chi connectivity index (χ2n) is 5.56. The van der Waals surface area contributed by atoms with Crippen LogP contribution in [0.5, 0.6) is 0 Å². The summed E-state index contributed by atoms with van der Waals surface area (Å²) in [6, 6.07) is 0. The summed E-state index contributed by atoms with van der Waals surface area (Å²) in [6.45, 7) is 6.96. The Kier molecular flexibility index (Phi) is 4.21. The summed E-state index contributed by atoms with van der Waals surface area (Å²) < 4.78 is 5.58. The molecule has 0 atom stereocenters. The zero-order valence-corrected chi connectivity index (χ0v) is 10.8. The molecule has 0 aliphatic heterocycles. The summed E-state index contributed by atoms with van der Waals surface area (Å²) >= 11 is 0. The Morgan fingerprint density at radius 2 is 1.88 bits per heavy atom. The van der Waals surface area contributed by atoms with Gasteiger partial charge in [-0.3, -0.25) is 0 Å². The molecule has 4 heteroatoms. The minimum absolute atomic E-state index is 0.773. The van der Waals surface area contributed by atoms with Crippen LogP contribution < -0.4 is 0 Å². The Balaban J connectivity index is 2.63. The van der Waals surface area contributed by atoms with E-state index >= 15 is 0 Å². The van der Waals surface area contributed by atoms with E-state index in [4.69, 9.17) is 4.65 Å². The third-order valence-corrected chi connectivity index (χ3v) is 3.52. The van der Waals surface area contributed by atoms with Crippen LogP contribution in [-0.2, 0) is 4.65 Å². The number of aliphatic hydroxyl groups is 1. The van der Waals surface area contributed by atoms with Crippen molar-refractivity contribution < 1.29 is 14.8 Å². The molecule has 0 radical (unpaired) electrons. The molecule has 1 aliphatic carbocycles. The van der Waals surface area contributed by atoms with E-state index in [0.29, 0.717) is 0 Å². The third kappa shape index (κ3) is 3.34. The molecule has 0 fully saturated rings. The summed E-state index contributed by atoms with van der Waals surface area (Å²) in [6.07, 6.45) is 6.25. The number of hydrogen-bond donors (Lipinski definition) is 2. The zero-order valence-electron chi connectivity index (χ0n) is 10.8. The van der Waals surface area contributed by atoms with Crippen LogP contribution in [0.1, 0.15) is 53.4 Å². The molecular weight excluding hydrogens is 203 g/mol. The van der Waals surface area contributed by atoms with Gasteiger partial charge in [-0.25, -0.2) is 0 Å². The quantitative estimate of drug-likeness (QED) is 0.721. The first-order valence-electron chi connectivity index (χ1n) is 6.01. The van der Waals surface area contributed by atoms with Gasteiger partial charge in [0.1, 0.15) is 0 Å². The van der Waals surface area contributed by atoms with E-state index in [2.05, 4.69) is 6.08 Å². The van der Waals surface area contributed by atoms with Crippen LogP contribution in [0.4, 0.5) is 0 Å². The fourth-order valence-electron chi connectivity index (χ4n) is 1.59. The lowest BCUT2D eigenvalue weighted by Crippen LogP contribution is -2.50. The number of hydrogen-bond acceptors (Lipinski definition) is 3. The second-order valence-corrected chi connectivity index (χ2v) is 5.56. The van der Waals surface area contributed by atoms with Crippen molar-refractivity contribution in [3.8, 4) is 0 Å². The average Bonchev–Trinajstić information content (AvgIpc) is 2.16. The van der Waals surface area contributed by atoms with Gasteiger partial charge in [0.2, 0.25) is 0 Å². The molecule has 0 saturated carbocycles. The van der Waals surface area contributed by atoms with Crippen LogP contribution in [0.25, 0.3) is 0 Å². The predicted molar refractivity (Wildman–Crippen MR) is 66.0 cm³/mol. The lowest BCUT2D eigenvalue weighted by atomic mass is 9.71. The van der Waals surface area contributed by atoms with Gasteiger partial charge < -0.3 is 14.8 Å². The zero-order chi connectivity index (χ0) is 12.4. The Morgan fingerprint density at radius 3 is 2.31 bits per heavy atom. The molecule has 1 aliphatic rings. The van der Waals surface area contributed by atoms with Gasteiger partial charge in [-0.15, -0.1) is 0 Å². The van der Waals surface area contributed by atoms with Gasteiger partial charge in [0, 0.05) is 0 Å². The van der Waals surface area contributed by atoms with E-state index in [0.717, 1.165) is 24.7 Å². The Morgan fingerprint density at radius 1 is 1.25 bits per heavy atom. The maximum Gasteiger partial charge on any atom is 0.487 e. The molecule has 0 spiro atoms. The molecule has 0 heterocycles. The van der Waals surface area contributed by atoms with Gasteiger partial charge in [-0.2, -0.15) is 0 Å². The van der Waals surface area contributed by atoms with Gasteiger partial charge in [0.05, 0.1) is 11.2 Å². The highest BCUT2D eigenvalue weighted by molar-refractivity contribution is 6.52. The Hall–Kier alpha value is -0.315. The van der Waals surface area contributed by atoms with Gasteiger partial charge in [-0.05, 0) is 58.9 Å². The first-order valence-corrected chi connectivity index (χ1v) is 6.01. The highest BCUT2D eigenvalue weighted by Crippen LogP contribution is 2.28. The Bertz CT molecular complexity index is 266. The molecule has 0 unspecified atom stereocenters. The van der Waals surface area contributed by atoms with Crippen molar-refractivity contribution in [2.24, 2.45) is 0 Å².